The topological polar surface area (TPSA) is 78.1 Å². The van der Waals surface area contributed by atoms with Crippen molar-refractivity contribution in [2.45, 2.75) is 32.4 Å². The van der Waals surface area contributed by atoms with Gasteiger partial charge in [0.1, 0.15) is 11.9 Å². The van der Waals surface area contributed by atoms with Gasteiger partial charge in [-0.25, -0.2) is 4.98 Å². The number of para-hydroxylation sites is 1. The average Bonchev–Trinajstić information content (AvgIpc) is 3.22. The number of amides is 2. The number of carbonyl (C=O) groups excluding carboxylic acids is 2. The van der Waals surface area contributed by atoms with Crippen LogP contribution in [0.3, 0.4) is 0 Å². The maximum absolute atomic E-state index is 12.7. The fourth-order valence-corrected chi connectivity index (χ4v) is 3.40. The number of nitrogens with one attached hydrogen (secondary N) is 2. The number of hydrogen-bond acceptors (Lipinski definition) is 3. The van der Waals surface area contributed by atoms with Crippen LogP contribution in [0, 0.1) is 6.92 Å². The van der Waals surface area contributed by atoms with E-state index in [0.29, 0.717) is 25.2 Å². The molecule has 1 aromatic carbocycles. The number of aromatic nitrogens is 2. The third-order valence-electron chi connectivity index (χ3n) is 4.81. The average molecular weight is 348 g/mol. The van der Waals surface area contributed by atoms with E-state index >= 15 is 0 Å². The van der Waals surface area contributed by atoms with E-state index in [0.717, 1.165) is 22.0 Å². The zero-order chi connectivity index (χ0) is 18.1. The minimum absolute atomic E-state index is 0.00676. The highest BCUT2D eigenvalue weighted by Crippen LogP contribution is 2.26. The van der Waals surface area contributed by atoms with Crippen molar-refractivity contribution >= 4 is 28.5 Å². The molecule has 3 aromatic rings. The molecule has 3 heterocycles. The summed E-state index contributed by atoms with van der Waals surface area (Å²) >= 11 is 0. The van der Waals surface area contributed by atoms with E-state index in [2.05, 4.69) is 15.3 Å². The smallest absolute Gasteiger partial charge is 0.248 e. The largest absolute Gasteiger partial charge is 0.361 e. The van der Waals surface area contributed by atoms with Crippen LogP contribution in [-0.4, -0.2) is 32.7 Å². The minimum Gasteiger partial charge on any atom is -0.361 e. The lowest BCUT2D eigenvalue weighted by atomic mass is 10.1. The summed E-state index contributed by atoms with van der Waals surface area (Å²) < 4.78 is 0. The Morgan fingerprint density at radius 3 is 2.96 bits per heavy atom. The first kappa shape index (κ1) is 16.3. The Kier molecular flexibility index (Phi) is 4.16. The van der Waals surface area contributed by atoms with E-state index in [1.54, 1.807) is 17.2 Å². The number of anilines is 1. The molecule has 6 nitrogen and oxygen atoms in total. The standard InChI is InChI=1S/C20H20N4O2/c1-13-6-8-18(22-10-13)23-20(26)17-7-9-19(25)24(17)12-14-11-21-16-5-3-2-4-15(14)16/h2-6,8,10-11,17,21H,7,9,12H2,1H3,(H,22,23,26)/t17-/m0/s1. The van der Waals surface area contributed by atoms with Crippen molar-refractivity contribution in [2.75, 3.05) is 5.32 Å². The Morgan fingerprint density at radius 1 is 1.31 bits per heavy atom. The molecule has 4 rings (SSSR count). The van der Waals surface area contributed by atoms with Crippen LogP contribution >= 0.6 is 0 Å². The number of carbonyl (C=O) groups is 2. The first-order valence-corrected chi connectivity index (χ1v) is 8.70. The molecule has 1 atom stereocenters. The van der Waals surface area contributed by atoms with Crippen molar-refractivity contribution in [1.82, 2.24) is 14.9 Å². The van der Waals surface area contributed by atoms with Crippen LogP contribution < -0.4 is 5.32 Å². The van der Waals surface area contributed by atoms with Gasteiger partial charge in [-0.05, 0) is 36.6 Å². The summed E-state index contributed by atoms with van der Waals surface area (Å²) in [5, 5.41) is 3.90. The van der Waals surface area contributed by atoms with E-state index in [-0.39, 0.29) is 11.8 Å². The molecule has 1 saturated heterocycles. The van der Waals surface area contributed by atoms with Crippen molar-refractivity contribution in [1.29, 1.82) is 0 Å². The molecule has 0 radical (unpaired) electrons. The van der Waals surface area contributed by atoms with Gasteiger partial charge in [0.2, 0.25) is 11.8 Å². The monoisotopic (exact) mass is 348 g/mol. The number of likely N-dealkylation sites (tertiary alicyclic amines) is 1. The Labute approximate surface area is 151 Å². The third-order valence-corrected chi connectivity index (χ3v) is 4.81. The number of nitrogens with zero attached hydrogens (tertiary/aromatic N) is 2. The molecule has 1 aliphatic rings. The molecule has 0 aliphatic carbocycles. The molecule has 0 unspecified atom stereocenters. The fourth-order valence-electron chi connectivity index (χ4n) is 3.40. The molecule has 1 aliphatic heterocycles. The van der Waals surface area contributed by atoms with Gasteiger partial charge in [0.05, 0.1) is 0 Å². The normalized spacial score (nSPS) is 17.0. The van der Waals surface area contributed by atoms with Gasteiger partial charge in [0, 0.05) is 36.3 Å². The Balaban J connectivity index is 1.53. The van der Waals surface area contributed by atoms with Gasteiger partial charge >= 0.3 is 0 Å². The van der Waals surface area contributed by atoms with Gasteiger partial charge in [-0.15, -0.1) is 0 Å². The quantitative estimate of drug-likeness (QED) is 0.761. The Bertz CT molecular complexity index is 961. The zero-order valence-electron chi connectivity index (χ0n) is 14.5. The maximum atomic E-state index is 12.7. The van der Waals surface area contributed by atoms with Crippen molar-refractivity contribution in [3.8, 4) is 0 Å². The Hall–Kier alpha value is -3.15. The van der Waals surface area contributed by atoms with Crippen LogP contribution in [0.2, 0.25) is 0 Å². The predicted octanol–water partition coefficient (Wildman–Crippen LogP) is 3.00. The highest BCUT2D eigenvalue weighted by molar-refractivity contribution is 5.98. The molecule has 6 heteroatoms. The second-order valence-corrected chi connectivity index (χ2v) is 6.65. The summed E-state index contributed by atoms with van der Waals surface area (Å²) in [6.45, 7) is 2.36. The lowest BCUT2D eigenvalue weighted by molar-refractivity contribution is -0.133. The molecule has 2 aromatic heterocycles. The van der Waals surface area contributed by atoms with Crippen molar-refractivity contribution in [3.05, 3.63) is 59.9 Å². The fraction of sp³-hybridized carbons (Fsp3) is 0.250. The first-order chi connectivity index (χ1) is 12.6. The highest BCUT2D eigenvalue weighted by atomic mass is 16.2. The van der Waals surface area contributed by atoms with E-state index in [9.17, 15) is 9.59 Å². The van der Waals surface area contributed by atoms with Gasteiger partial charge in [-0.1, -0.05) is 24.3 Å². The van der Waals surface area contributed by atoms with E-state index in [1.165, 1.54) is 0 Å². The van der Waals surface area contributed by atoms with Crippen molar-refractivity contribution in [2.24, 2.45) is 0 Å². The van der Waals surface area contributed by atoms with Crippen molar-refractivity contribution in [3.63, 3.8) is 0 Å². The van der Waals surface area contributed by atoms with E-state index in [4.69, 9.17) is 0 Å². The molecule has 0 bridgehead atoms. The summed E-state index contributed by atoms with van der Waals surface area (Å²) in [4.78, 5) is 34.2. The second kappa shape index (κ2) is 6.63. The molecule has 2 N–H and O–H groups in total. The molecule has 1 fully saturated rings. The summed E-state index contributed by atoms with van der Waals surface area (Å²) in [6.07, 6.45) is 4.53. The summed E-state index contributed by atoms with van der Waals surface area (Å²) in [5.41, 5.74) is 3.07. The van der Waals surface area contributed by atoms with Crippen LogP contribution in [0.4, 0.5) is 5.82 Å². The summed E-state index contributed by atoms with van der Waals surface area (Å²) in [7, 11) is 0. The number of aromatic amines is 1. The molecular weight excluding hydrogens is 328 g/mol. The number of aryl methyl sites for hydroxylation is 1. The van der Waals surface area contributed by atoms with Crippen LogP contribution in [0.1, 0.15) is 24.0 Å². The van der Waals surface area contributed by atoms with E-state index in [1.807, 2.05) is 43.5 Å². The SMILES string of the molecule is Cc1ccc(NC(=O)[C@@H]2CCC(=O)N2Cc2c[nH]c3ccccc23)nc1. The molecule has 0 saturated carbocycles. The first-order valence-electron chi connectivity index (χ1n) is 8.70. The number of hydrogen-bond donors (Lipinski definition) is 2. The van der Waals surface area contributed by atoms with Gasteiger partial charge in [-0.3, -0.25) is 9.59 Å². The van der Waals surface area contributed by atoms with E-state index < -0.39 is 6.04 Å². The molecule has 2 amide bonds. The maximum Gasteiger partial charge on any atom is 0.248 e. The predicted molar refractivity (Wildman–Crippen MR) is 99.5 cm³/mol. The van der Waals surface area contributed by atoms with Gasteiger partial charge in [0.15, 0.2) is 0 Å². The number of benzene rings is 1. The summed E-state index contributed by atoms with van der Waals surface area (Å²) in [6, 6.07) is 11.2. The number of rotatable bonds is 4. The Morgan fingerprint density at radius 2 is 2.15 bits per heavy atom. The van der Waals surface area contributed by atoms with Gasteiger partial charge < -0.3 is 15.2 Å². The lowest BCUT2D eigenvalue weighted by Crippen LogP contribution is -2.41. The van der Waals surface area contributed by atoms with Crippen molar-refractivity contribution < 1.29 is 9.59 Å². The number of H-pyrrole nitrogens is 1. The third kappa shape index (κ3) is 3.06. The molecule has 132 valence electrons. The highest BCUT2D eigenvalue weighted by Gasteiger charge is 2.36. The lowest BCUT2D eigenvalue weighted by Gasteiger charge is -2.23. The number of fused-ring (bicyclic) bond motifs is 1. The van der Waals surface area contributed by atoms with Crippen LogP contribution in [-0.2, 0) is 16.1 Å². The zero-order valence-corrected chi connectivity index (χ0v) is 14.5. The number of pyridine rings is 1. The second-order valence-electron chi connectivity index (χ2n) is 6.65. The van der Waals surface area contributed by atoms with Crippen LogP contribution in [0.15, 0.2) is 48.8 Å². The van der Waals surface area contributed by atoms with Crippen LogP contribution in [0.5, 0.6) is 0 Å². The minimum atomic E-state index is -0.473. The van der Waals surface area contributed by atoms with Gasteiger partial charge in [-0.2, -0.15) is 0 Å². The molecule has 0 spiro atoms. The summed E-state index contributed by atoms with van der Waals surface area (Å²) in [5.74, 6) is 0.325. The van der Waals surface area contributed by atoms with Crippen LogP contribution in [0.25, 0.3) is 10.9 Å². The molecular formula is C20H20N4O2. The van der Waals surface area contributed by atoms with Gasteiger partial charge in [0.25, 0.3) is 0 Å². The molecule has 26 heavy (non-hydrogen) atoms.